The smallest absolute Gasteiger partial charge is 0.335 e. The minimum absolute atomic E-state index is 0.248. The van der Waals surface area contributed by atoms with E-state index in [9.17, 15) is 17.6 Å². The molecule has 1 aromatic rings. The third-order valence-corrected chi connectivity index (χ3v) is 5.48. The first-order valence-electron chi connectivity index (χ1n) is 6.42. The first-order chi connectivity index (χ1) is 9.84. The van der Waals surface area contributed by atoms with Crippen molar-refractivity contribution in [3.63, 3.8) is 0 Å². The quantitative estimate of drug-likeness (QED) is 0.905. The first-order valence-corrected chi connectivity index (χ1v) is 7.86. The van der Waals surface area contributed by atoms with E-state index in [1.165, 1.54) is 7.05 Å². The second-order valence-electron chi connectivity index (χ2n) is 4.82. The average Bonchev–Trinajstić information content (AvgIpc) is 2.46. The standard InChI is InChI=1S/C13H16FNO5S/c1-15(10-4-6-20-7-5-10)21(18,19)12-3-2-9(13(16)17)8-11(12)14/h2-3,8,10H,4-7H2,1H3,(H,16,17). The van der Waals surface area contributed by atoms with Gasteiger partial charge in [0.15, 0.2) is 0 Å². The molecule has 6 nitrogen and oxygen atoms in total. The van der Waals surface area contributed by atoms with Gasteiger partial charge in [0.1, 0.15) is 10.7 Å². The van der Waals surface area contributed by atoms with Crippen LogP contribution in [0, 0.1) is 5.82 Å². The second-order valence-corrected chi connectivity index (χ2v) is 6.78. The van der Waals surface area contributed by atoms with Gasteiger partial charge in [0.2, 0.25) is 10.0 Å². The number of rotatable bonds is 4. The predicted molar refractivity (Wildman–Crippen MR) is 72.1 cm³/mol. The molecule has 0 radical (unpaired) electrons. The first kappa shape index (κ1) is 15.9. The number of ether oxygens (including phenoxy) is 1. The normalized spacial score (nSPS) is 17.1. The van der Waals surface area contributed by atoms with Gasteiger partial charge < -0.3 is 9.84 Å². The Hall–Kier alpha value is -1.51. The van der Waals surface area contributed by atoms with Crippen LogP contribution in [-0.4, -0.2) is 50.1 Å². The van der Waals surface area contributed by atoms with Crippen molar-refractivity contribution in [3.05, 3.63) is 29.6 Å². The maximum atomic E-state index is 13.9. The molecule has 0 saturated carbocycles. The van der Waals surface area contributed by atoms with E-state index in [1.807, 2.05) is 0 Å². The fourth-order valence-corrected chi connectivity index (χ4v) is 3.70. The molecule has 1 saturated heterocycles. The molecule has 2 rings (SSSR count). The zero-order valence-corrected chi connectivity index (χ0v) is 12.3. The Labute approximate surface area is 122 Å². The third kappa shape index (κ3) is 3.22. The van der Waals surface area contributed by atoms with Crippen LogP contribution in [0.15, 0.2) is 23.1 Å². The van der Waals surface area contributed by atoms with Gasteiger partial charge in [0.25, 0.3) is 0 Å². The van der Waals surface area contributed by atoms with E-state index in [4.69, 9.17) is 9.84 Å². The van der Waals surface area contributed by atoms with Crippen LogP contribution in [0.2, 0.25) is 0 Å². The van der Waals surface area contributed by atoms with Crippen LogP contribution in [0.3, 0.4) is 0 Å². The summed E-state index contributed by atoms with van der Waals surface area (Å²) in [5.74, 6) is -2.37. The number of nitrogens with zero attached hydrogens (tertiary/aromatic N) is 1. The monoisotopic (exact) mass is 317 g/mol. The maximum Gasteiger partial charge on any atom is 0.335 e. The Morgan fingerprint density at radius 2 is 2.00 bits per heavy atom. The molecule has 0 spiro atoms. The summed E-state index contributed by atoms with van der Waals surface area (Å²) < 4.78 is 45.1. The summed E-state index contributed by atoms with van der Waals surface area (Å²) >= 11 is 0. The number of aromatic carboxylic acids is 1. The Morgan fingerprint density at radius 3 is 2.52 bits per heavy atom. The number of benzene rings is 1. The molecule has 1 aliphatic rings. The summed E-state index contributed by atoms with van der Waals surface area (Å²) in [5, 5.41) is 8.78. The molecule has 1 N–H and O–H groups in total. The zero-order chi connectivity index (χ0) is 15.6. The van der Waals surface area contributed by atoms with E-state index in [-0.39, 0.29) is 11.6 Å². The van der Waals surface area contributed by atoms with Crippen LogP contribution in [0.1, 0.15) is 23.2 Å². The number of halogens is 1. The van der Waals surface area contributed by atoms with Gasteiger partial charge in [0.05, 0.1) is 5.56 Å². The highest BCUT2D eigenvalue weighted by molar-refractivity contribution is 7.89. The molecule has 0 bridgehead atoms. The minimum Gasteiger partial charge on any atom is -0.478 e. The highest BCUT2D eigenvalue weighted by Crippen LogP contribution is 2.24. The molecule has 21 heavy (non-hydrogen) atoms. The summed E-state index contributed by atoms with van der Waals surface area (Å²) in [5.41, 5.74) is -0.292. The fraction of sp³-hybridized carbons (Fsp3) is 0.462. The molecule has 1 aromatic carbocycles. The van der Waals surface area contributed by atoms with Crippen molar-refractivity contribution < 1.29 is 27.4 Å². The van der Waals surface area contributed by atoms with Crippen molar-refractivity contribution in [1.82, 2.24) is 4.31 Å². The van der Waals surface area contributed by atoms with E-state index in [0.29, 0.717) is 32.1 Å². The molecule has 0 amide bonds. The van der Waals surface area contributed by atoms with Crippen molar-refractivity contribution in [2.45, 2.75) is 23.8 Å². The highest BCUT2D eigenvalue weighted by Gasteiger charge is 2.31. The van der Waals surface area contributed by atoms with Crippen LogP contribution in [-0.2, 0) is 14.8 Å². The van der Waals surface area contributed by atoms with Crippen molar-refractivity contribution in [2.24, 2.45) is 0 Å². The van der Waals surface area contributed by atoms with E-state index in [2.05, 4.69) is 0 Å². The van der Waals surface area contributed by atoms with Gasteiger partial charge in [-0.25, -0.2) is 17.6 Å². The molecule has 0 atom stereocenters. The summed E-state index contributed by atoms with van der Waals surface area (Å²) in [6.45, 7) is 0.927. The van der Waals surface area contributed by atoms with Crippen LogP contribution < -0.4 is 0 Å². The number of hydrogen-bond acceptors (Lipinski definition) is 4. The Balaban J connectivity index is 2.32. The molecular weight excluding hydrogens is 301 g/mol. The molecule has 1 aliphatic heterocycles. The third-order valence-electron chi connectivity index (χ3n) is 3.54. The predicted octanol–water partition coefficient (Wildman–Crippen LogP) is 1.32. The van der Waals surface area contributed by atoms with E-state index in [0.717, 1.165) is 16.4 Å². The van der Waals surface area contributed by atoms with Crippen LogP contribution in [0.25, 0.3) is 0 Å². The number of carboxylic acids is 1. The van der Waals surface area contributed by atoms with Gasteiger partial charge in [-0.05, 0) is 31.0 Å². The Kier molecular flexibility index (Phi) is 4.60. The topological polar surface area (TPSA) is 83.9 Å². The van der Waals surface area contributed by atoms with Gasteiger partial charge in [-0.1, -0.05) is 0 Å². The minimum atomic E-state index is -4.00. The van der Waals surface area contributed by atoms with E-state index in [1.54, 1.807) is 0 Å². The molecule has 0 aromatic heterocycles. The lowest BCUT2D eigenvalue weighted by Crippen LogP contribution is -2.40. The van der Waals surface area contributed by atoms with Crippen molar-refractivity contribution >= 4 is 16.0 Å². The summed E-state index contributed by atoms with van der Waals surface area (Å²) in [6, 6.07) is 2.54. The lowest BCUT2D eigenvalue weighted by atomic mass is 10.1. The van der Waals surface area contributed by atoms with E-state index < -0.39 is 26.7 Å². The van der Waals surface area contributed by atoms with Crippen molar-refractivity contribution in [2.75, 3.05) is 20.3 Å². The number of carboxylic acid groups (broad SMARTS) is 1. The SMILES string of the molecule is CN(C1CCOCC1)S(=O)(=O)c1ccc(C(=O)O)cc1F. The summed E-state index contributed by atoms with van der Waals surface area (Å²) in [6.07, 6.45) is 1.09. The molecule has 116 valence electrons. The molecular formula is C13H16FNO5S. The van der Waals surface area contributed by atoms with Crippen LogP contribution in [0.4, 0.5) is 4.39 Å². The number of sulfonamides is 1. The van der Waals surface area contributed by atoms with E-state index >= 15 is 0 Å². The largest absolute Gasteiger partial charge is 0.478 e. The van der Waals surface area contributed by atoms with Crippen LogP contribution >= 0.6 is 0 Å². The van der Waals surface area contributed by atoms with Gasteiger partial charge in [-0.15, -0.1) is 0 Å². The van der Waals surface area contributed by atoms with Gasteiger partial charge in [-0.3, -0.25) is 0 Å². The number of carbonyl (C=O) groups is 1. The Morgan fingerprint density at radius 1 is 1.38 bits per heavy atom. The molecule has 0 aliphatic carbocycles. The zero-order valence-electron chi connectivity index (χ0n) is 11.5. The summed E-state index contributed by atoms with van der Waals surface area (Å²) in [4.78, 5) is 10.2. The lowest BCUT2D eigenvalue weighted by Gasteiger charge is -2.30. The average molecular weight is 317 g/mol. The van der Waals surface area contributed by atoms with Gasteiger partial charge >= 0.3 is 5.97 Å². The van der Waals surface area contributed by atoms with Crippen molar-refractivity contribution in [3.8, 4) is 0 Å². The van der Waals surface area contributed by atoms with Gasteiger partial charge in [0, 0.05) is 26.3 Å². The number of hydrogen-bond donors (Lipinski definition) is 1. The maximum absolute atomic E-state index is 13.9. The van der Waals surface area contributed by atoms with Crippen LogP contribution in [0.5, 0.6) is 0 Å². The molecule has 0 unspecified atom stereocenters. The molecule has 8 heteroatoms. The fourth-order valence-electron chi connectivity index (χ4n) is 2.24. The molecule has 1 fully saturated rings. The van der Waals surface area contributed by atoms with Gasteiger partial charge in [-0.2, -0.15) is 4.31 Å². The lowest BCUT2D eigenvalue weighted by molar-refractivity contribution is 0.0631. The summed E-state index contributed by atoms with van der Waals surface area (Å²) in [7, 11) is -2.60. The molecule has 1 heterocycles. The highest BCUT2D eigenvalue weighted by atomic mass is 32.2. The van der Waals surface area contributed by atoms with Crippen molar-refractivity contribution in [1.29, 1.82) is 0 Å². The Bertz CT molecular complexity index is 640. The second kappa shape index (κ2) is 6.08.